The molecule has 2 aromatic carbocycles. The Labute approximate surface area is 166 Å². The molecule has 3 aromatic rings. The number of hydrogen-bond acceptors (Lipinski definition) is 2. The first-order valence-electron chi connectivity index (χ1n) is 9.23. The van der Waals surface area contributed by atoms with Gasteiger partial charge >= 0.3 is 0 Å². The summed E-state index contributed by atoms with van der Waals surface area (Å²) < 4.78 is 2.03. The molecule has 0 amide bonds. The fraction of sp³-hybridized carbons (Fsp3) is 0.273. The molecule has 140 valence electrons. The smallest absolute Gasteiger partial charge is 0.175 e. The highest BCUT2D eigenvalue weighted by Gasteiger charge is 2.13. The third kappa shape index (κ3) is 4.55. The van der Waals surface area contributed by atoms with Crippen molar-refractivity contribution < 1.29 is 0 Å². The van der Waals surface area contributed by atoms with Crippen LogP contribution in [0.1, 0.15) is 35.0 Å². The minimum absolute atomic E-state index is 0.570. The van der Waals surface area contributed by atoms with Gasteiger partial charge in [-0.15, -0.1) is 0 Å². The van der Waals surface area contributed by atoms with Gasteiger partial charge < -0.3 is 10.6 Å². The number of nitrogens with zero attached hydrogens (tertiary/aromatic N) is 2. The third-order valence-corrected chi connectivity index (χ3v) is 5.03. The van der Waals surface area contributed by atoms with Crippen LogP contribution in [-0.4, -0.2) is 14.9 Å². The number of hydrogen-bond donors (Lipinski definition) is 2. The molecule has 3 rings (SSSR count). The minimum atomic E-state index is 0.570. The van der Waals surface area contributed by atoms with Gasteiger partial charge in [0.1, 0.15) is 0 Å². The summed E-state index contributed by atoms with van der Waals surface area (Å²) in [6.45, 7) is 9.10. The number of nitrogens with one attached hydrogen (secondary N) is 2. The largest absolute Gasteiger partial charge is 0.332 e. The van der Waals surface area contributed by atoms with Crippen molar-refractivity contribution in [3.05, 3.63) is 76.6 Å². The Balaban J connectivity index is 1.72. The molecule has 0 aliphatic heterocycles. The fourth-order valence-electron chi connectivity index (χ4n) is 3.08. The first-order chi connectivity index (χ1) is 13.0. The topological polar surface area (TPSA) is 41.9 Å². The Bertz CT molecular complexity index is 941. The zero-order valence-corrected chi connectivity index (χ0v) is 17.2. The maximum absolute atomic E-state index is 5.50. The Hall–Kier alpha value is -2.66. The summed E-state index contributed by atoms with van der Waals surface area (Å²) in [5, 5.41) is 11.8. The Morgan fingerprint density at radius 3 is 2.37 bits per heavy atom. The average molecular weight is 379 g/mol. The second kappa shape index (κ2) is 8.35. The third-order valence-electron chi connectivity index (χ3n) is 4.82. The van der Waals surface area contributed by atoms with E-state index in [9.17, 15) is 0 Å². The minimum Gasteiger partial charge on any atom is -0.332 e. The summed E-state index contributed by atoms with van der Waals surface area (Å²) in [4.78, 5) is 0. The number of rotatable bonds is 5. The monoisotopic (exact) mass is 378 g/mol. The fourth-order valence-corrected chi connectivity index (χ4v) is 3.30. The molecule has 0 unspecified atom stereocenters. The molecule has 0 aliphatic rings. The highest BCUT2D eigenvalue weighted by molar-refractivity contribution is 7.80. The Kier molecular flexibility index (Phi) is 5.91. The molecule has 1 heterocycles. The first kappa shape index (κ1) is 19.1. The van der Waals surface area contributed by atoms with Gasteiger partial charge in [0.2, 0.25) is 0 Å². The van der Waals surface area contributed by atoms with Crippen LogP contribution in [-0.2, 0) is 13.0 Å². The molecule has 0 bridgehead atoms. The van der Waals surface area contributed by atoms with E-state index in [4.69, 9.17) is 17.3 Å². The van der Waals surface area contributed by atoms with Crippen LogP contribution >= 0.6 is 12.2 Å². The van der Waals surface area contributed by atoms with E-state index < -0.39 is 0 Å². The molecule has 4 nitrogen and oxygen atoms in total. The molecule has 0 radical (unpaired) electrons. The van der Waals surface area contributed by atoms with Crippen molar-refractivity contribution in [3.63, 3.8) is 0 Å². The van der Waals surface area contributed by atoms with Crippen molar-refractivity contribution in [3.8, 4) is 0 Å². The summed E-state index contributed by atoms with van der Waals surface area (Å²) >= 11 is 5.50. The number of thiocarbonyl (C=S) groups is 1. The van der Waals surface area contributed by atoms with Gasteiger partial charge in [-0.05, 0) is 68.2 Å². The number of benzene rings is 2. The van der Waals surface area contributed by atoms with Crippen LogP contribution in [0.15, 0.2) is 48.5 Å². The molecule has 0 saturated heterocycles. The Morgan fingerprint density at radius 2 is 1.70 bits per heavy atom. The highest BCUT2D eigenvalue weighted by atomic mass is 32.1. The lowest BCUT2D eigenvalue weighted by Gasteiger charge is -2.12. The molecule has 5 heteroatoms. The van der Waals surface area contributed by atoms with Gasteiger partial charge in [0.15, 0.2) is 5.11 Å². The highest BCUT2D eigenvalue weighted by Crippen LogP contribution is 2.22. The van der Waals surface area contributed by atoms with Crippen LogP contribution in [0, 0.1) is 20.8 Å². The predicted octanol–water partition coefficient (Wildman–Crippen LogP) is 5.23. The van der Waals surface area contributed by atoms with Crippen LogP contribution in [0.25, 0.3) is 0 Å². The number of anilines is 2. The normalized spacial score (nSPS) is 10.7. The molecule has 1 aromatic heterocycles. The lowest BCUT2D eigenvalue weighted by molar-refractivity contribution is 0.657. The second-order valence-electron chi connectivity index (χ2n) is 6.76. The quantitative estimate of drug-likeness (QED) is 0.597. The summed E-state index contributed by atoms with van der Waals surface area (Å²) in [6.07, 6.45) is 1.03. The van der Waals surface area contributed by atoms with Gasteiger partial charge in [-0.25, -0.2) is 0 Å². The molecule has 0 spiro atoms. The van der Waals surface area contributed by atoms with Gasteiger partial charge in [-0.1, -0.05) is 43.3 Å². The van der Waals surface area contributed by atoms with E-state index in [1.807, 2.05) is 23.7 Å². The summed E-state index contributed by atoms with van der Waals surface area (Å²) in [7, 11) is 0. The van der Waals surface area contributed by atoms with Crippen molar-refractivity contribution in [2.75, 3.05) is 10.6 Å². The second-order valence-corrected chi connectivity index (χ2v) is 7.17. The van der Waals surface area contributed by atoms with Crippen LogP contribution in [0.5, 0.6) is 0 Å². The van der Waals surface area contributed by atoms with Crippen molar-refractivity contribution in [2.45, 2.75) is 40.7 Å². The average Bonchev–Trinajstić information content (AvgIpc) is 2.91. The van der Waals surface area contributed by atoms with E-state index in [1.54, 1.807) is 0 Å². The van der Waals surface area contributed by atoms with E-state index in [0.29, 0.717) is 5.11 Å². The molecule has 2 N–H and O–H groups in total. The molecule has 0 saturated carbocycles. The maximum Gasteiger partial charge on any atom is 0.175 e. The lowest BCUT2D eigenvalue weighted by atomic mass is 10.1. The lowest BCUT2D eigenvalue weighted by Crippen LogP contribution is -2.20. The van der Waals surface area contributed by atoms with E-state index in [1.165, 1.54) is 16.7 Å². The van der Waals surface area contributed by atoms with Gasteiger partial charge in [-0.3, -0.25) is 4.68 Å². The molecular formula is C22H26N4S. The number of aryl methyl sites for hydroxylation is 3. The summed E-state index contributed by atoms with van der Waals surface area (Å²) in [5.41, 5.74) is 7.80. The van der Waals surface area contributed by atoms with Gasteiger partial charge in [0.05, 0.1) is 23.6 Å². The first-order valence-corrected chi connectivity index (χ1v) is 9.64. The predicted molar refractivity (Wildman–Crippen MR) is 118 cm³/mol. The SMILES string of the molecule is CCc1ccc(NC(=S)Nc2c(C)nn(Cc3ccccc3C)c2C)cc1. The molecule has 0 fully saturated rings. The van der Waals surface area contributed by atoms with Crippen LogP contribution in [0.4, 0.5) is 11.4 Å². The van der Waals surface area contributed by atoms with Crippen LogP contribution < -0.4 is 10.6 Å². The van der Waals surface area contributed by atoms with Gasteiger partial charge in [-0.2, -0.15) is 5.10 Å². The zero-order valence-electron chi connectivity index (χ0n) is 16.3. The zero-order chi connectivity index (χ0) is 19.4. The Morgan fingerprint density at radius 1 is 1.00 bits per heavy atom. The summed E-state index contributed by atoms with van der Waals surface area (Å²) in [5.74, 6) is 0. The van der Waals surface area contributed by atoms with Crippen molar-refractivity contribution in [1.82, 2.24) is 9.78 Å². The molecule has 0 atom stereocenters. The molecule has 27 heavy (non-hydrogen) atoms. The van der Waals surface area contributed by atoms with E-state index in [-0.39, 0.29) is 0 Å². The van der Waals surface area contributed by atoms with Crippen LogP contribution in [0.2, 0.25) is 0 Å². The maximum atomic E-state index is 5.50. The van der Waals surface area contributed by atoms with Crippen LogP contribution in [0.3, 0.4) is 0 Å². The standard InChI is InChI=1S/C22H26N4S/c1-5-18-10-12-20(13-11-18)23-22(27)24-21-16(3)25-26(17(21)4)14-19-9-7-6-8-15(19)2/h6-13H,5,14H2,1-4H3,(H2,23,24,27). The molecule has 0 aliphatic carbocycles. The van der Waals surface area contributed by atoms with Crippen molar-refractivity contribution in [2.24, 2.45) is 0 Å². The van der Waals surface area contributed by atoms with Crippen molar-refractivity contribution in [1.29, 1.82) is 0 Å². The summed E-state index contributed by atoms with van der Waals surface area (Å²) in [6, 6.07) is 16.7. The van der Waals surface area contributed by atoms with E-state index >= 15 is 0 Å². The number of aromatic nitrogens is 2. The van der Waals surface area contributed by atoms with Gasteiger partial charge in [0.25, 0.3) is 0 Å². The van der Waals surface area contributed by atoms with E-state index in [2.05, 4.69) is 67.8 Å². The molecular weight excluding hydrogens is 352 g/mol. The van der Waals surface area contributed by atoms with E-state index in [0.717, 1.165) is 35.7 Å². The van der Waals surface area contributed by atoms with Crippen molar-refractivity contribution >= 4 is 28.7 Å². The van der Waals surface area contributed by atoms with Gasteiger partial charge in [0, 0.05) is 5.69 Å².